The van der Waals surface area contributed by atoms with Crippen LogP contribution in [-0.2, 0) is 4.74 Å². The number of hydrogen-bond donors (Lipinski definition) is 1. The van der Waals surface area contributed by atoms with Crippen LogP contribution in [0.1, 0.15) is 51.4 Å². The van der Waals surface area contributed by atoms with Gasteiger partial charge in [-0.15, -0.1) is 0 Å². The molecule has 0 spiro atoms. The minimum atomic E-state index is 0.553. The quantitative estimate of drug-likeness (QED) is 0.571. The van der Waals surface area contributed by atoms with Gasteiger partial charge in [-0.2, -0.15) is 0 Å². The number of ether oxygens (including phenoxy) is 1. The van der Waals surface area contributed by atoms with E-state index in [1.54, 1.807) is 0 Å². The third-order valence-corrected chi connectivity index (χ3v) is 3.67. The maximum Gasteiger partial charge on any atom is 0.0594 e. The third kappa shape index (κ3) is 4.26. The van der Waals surface area contributed by atoms with Crippen LogP contribution in [-0.4, -0.2) is 25.3 Å². The Hall–Kier alpha value is -0.340. The van der Waals surface area contributed by atoms with Crippen LogP contribution < -0.4 is 5.32 Å². The lowest BCUT2D eigenvalue weighted by molar-refractivity contribution is 0.0297. The van der Waals surface area contributed by atoms with Gasteiger partial charge in [0.05, 0.1) is 12.7 Å². The first-order valence-electron chi connectivity index (χ1n) is 6.97. The minimum absolute atomic E-state index is 0.553. The first kappa shape index (κ1) is 12.1. The van der Waals surface area contributed by atoms with Crippen molar-refractivity contribution in [3.8, 4) is 0 Å². The topological polar surface area (TPSA) is 21.3 Å². The summed E-state index contributed by atoms with van der Waals surface area (Å²) in [4.78, 5) is 0. The highest BCUT2D eigenvalue weighted by Gasteiger charge is 2.13. The highest BCUT2D eigenvalue weighted by molar-refractivity contribution is 4.97. The zero-order valence-electron chi connectivity index (χ0n) is 10.3. The van der Waals surface area contributed by atoms with Gasteiger partial charge in [0.25, 0.3) is 0 Å². The van der Waals surface area contributed by atoms with Crippen molar-refractivity contribution >= 4 is 0 Å². The highest BCUT2D eigenvalue weighted by atomic mass is 16.5. The Morgan fingerprint density at radius 1 is 1.06 bits per heavy atom. The second-order valence-electron chi connectivity index (χ2n) is 5.05. The second-order valence-corrected chi connectivity index (χ2v) is 5.05. The molecule has 2 rings (SSSR count). The van der Waals surface area contributed by atoms with Crippen LogP contribution in [0.2, 0.25) is 0 Å². The second kappa shape index (κ2) is 7.08. The molecule has 1 atom stereocenters. The van der Waals surface area contributed by atoms with Gasteiger partial charge >= 0.3 is 0 Å². The minimum Gasteiger partial charge on any atom is -0.377 e. The van der Waals surface area contributed by atoms with E-state index in [1.165, 1.54) is 51.4 Å². The lowest BCUT2D eigenvalue weighted by Gasteiger charge is -2.23. The molecule has 92 valence electrons. The fraction of sp³-hybridized carbons (Fsp3) is 0.857. The molecule has 1 unspecified atom stereocenters. The van der Waals surface area contributed by atoms with Crippen molar-refractivity contribution in [1.29, 1.82) is 0 Å². The Kier molecular flexibility index (Phi) is 5.36. The van der Waals surface area contributed by atoms with Gasteiger partial charge in [0.1, 0.15) is 0 Å². The Bertz CT molecular complexity index is 209. The van der Waals surface area contributed by atoms with Crippen LogP contribution in [0.25, 0.3) is 0 Å². The predicted octanol–water partition coefficient (Wildman–Crippen LogP) is 3.03. The average molecular weight is 223 g/mol. The summed E-state index contributed by atoms with van der Waals surface area (Å²) >= 11 is 0. The van der Waals surface area contributed by atoms with Crippen molar-refractivity contribution in [3.63, 3.8) is 0 Å². The standard InChI is InChI=1S/C14H25NO/c1-3-7-13(8-4-1)15-11-12-16-14-9-5-2-6-10-14/h3,7,13-15H,1-2,4-6,8-12H2. The van der Waals surface area contributed by atoms with E-state index in [9.17, 15) is 0 Å². The molecule has 2 aliphatic rings. The van der Waals surface area contributed by atoms with E-state index in [0.717, 1.165) is 13.2 Å². The summed E-state index contributed by atoms with van der Waals surface area (Å²) in [6.45, 7) is 1.89. The van der Waals surface area contributed by atoms with Gasteiger partial charge in [-0.3, -0.25) is 0 Å². The molecule has 1 N–H and O–H groups in total. The molecule has 2 nitrogen and oxygen atoms in total. The summed E-state index contributed by atoms with van der Waals surface area (Å²) in [5.41, 5.74) is 0. The normalized spacial score (nSPS) is 27.1. The van der Waals surface area contributed by atoms with E-state index in [4.69, 9.17) is 4.74 Å². The van der Waals surface area contributed by atoms with E-state index in [0.29, 0.717) is 12.1 Å². The molecule has 2 heteroatoms. The molecule has 0 aliphatic heterocycles. The fourth-order valence-electron chi connectivity index (χ4n) is 2.68. The monoisotopic (exact) mass is 223 g/mol. The van der Waals surface area contributed by atoms with Gasteiger partial charge in [-0.1, -0.05) is 31.4 Å². The van der Waals surface area contributed by atoms with Crippen LogP contribution in [0, 0.1) is 0 Å². The molecule has 0 amide bonds. The van der Waals surface area contributed by atoms with Gasteiger partial charge in [0, 0.05) is 12.6 Å². The van der Waals surface area contributed by atoms with Crippen molar-refractivity contribution in [2.45, 2.75) is 63.5 Å². The molecule has 2 aliphatic carbocycles. The van der Waals surface area contributed by atoms with Crippen molar-refractivity contribution in [3.05, 3.63) is 12.2 Å². The Labute approximate surface area is 99.4 Å². The van der Waals surface area contributed by atoms with Crippen molar-refractivity contribution in [2.24, 2.45) is 0 Å². The smallest absolute Gasteiger partial charge is 0.0594 e. The number of rotatable bonds is 5. The summed E-state index contributed by atoms with van der Waals surface area (Å²) in [6.07, 6.45) is 15.7. The van der Waals surface area contributed by atoms with E-state index in [-0.39, 0.29) is 0 Å². The van der Waals surface area contributed by atoms with E-state index in [1.807, 2.05) is 0 Å². The molecule has 1 fully saturated rings. The van der Waals surface area contributed by atoms with E-state index >= 15 is 0 Å². The molecule has 0 bridgehead atoms. The molecule has 0 aromatic rings. The Morgan fingerprint density at radius 2 is 1.94 bits per heavy atom. The van der Waals surface area contributed by atoms with Crippen LogP contribution in [0.5, 0.6) is 0 Å². The highest BCUT2D eigenvalue weighted by Crippen LogP contribution is 2.19. The zero-order valence-corrected chi connectivity index (χ0v) is 10.3. The molecule has 16 heavy (non-hydrogen) atoms. The first-order valence-corrected chi connectivity index (χ1v) is 6.97. The van der Waals surface area contributed by atoms with E-state index in [2.05, 4.69) is 17.5 Å². The summed E-state index contributed by atoms with van der Waals surface area (Å²) < 4.78 is 5.89. The molecule has 1 saturated carbocycles. The molecule has 0 radical (unpaired) electrons. The van der Waals surface area contributed by atoms with Crippen molar-refractivity contribution in [1.82, 2.24) is 5.32 Å². The first-order chi connectivity index (χ1) is 7.95. The molecular formula is C14H25NO. The zero-order chi connectivity index (χ0) is 11.1. The summed E-state index contributed by atoms with van der Waals surface area (Å²) in [7, 11) is 0. The molecule has 0 aromatic heterocycles. The van der Waals surface area contributed by atoms with Crippen LogP contribution in [0.15, 0.2) is 12.2 Å². The Balaban J connectivity index is 1.50. The fourth-order valence-corrected chi connectivity index (χ4v) is 2.68. The SMILES string of the molecule is C1=CC(NCCOC2CCCCC2)CCC1. The maximum atomic E-state index is 5.89. The predicted molar refractivity (Wildman–Crippen MR) is 67.6 cm³/mol. The summed E-state index contributed by atoms with van der Waals surface area (Å²) in [5, 5.41) is 3.55. The van der Waals surface area contributed by atoms with Gasteiger partial charge in [0.2, 0.25) is 0 Å². The largest absolute Gasteiger partial charge is 0.377 e. The lowest BCUT2D eigenvalue weighted by Crippen LogP contribution is -2.32. The molecular weight excluding hydrogens is 198 g/mol. The molecule has 0 saturated heterocycles. The number of nitrogens with one attached hydrogen (secondary N) is 1. The third-order valence-electron chi connectivity index (χ3n) is 3.67. The summed E-state index contributed by atoms with van der Waals surface area (Å²) in [6, 6.07) is 0.601. The number of hydrogen-bond acceptors (Lipinski definition) is 2. The van der Waals surface area contributed by atoms with Gasteiger partial charge < -0.3 is 10.1 Å². The van der Waals surface area contributed by atoms with Crippen LogP contribution in [0.3, 0.4) is 0 Å². The van der Waals surface area contributed by atoms with Crippen LogP contribution >= 0.6 is 0 Å². The maximum absolute atomic E-state index is 5.89. The van der Waals surface area contributed by atoms with Crippen molar-refractivity contribution < 1.29 is 4.74 Å². The van der Waals surface area contributed by atoms with Gasteiger partial charge in [-0.05, 0) is 32.1 Å². The molecule has 0 heterocycles. The molecule has 0 aromatic carbocycles. The van der Waals surface area contributed by atoms with E-state index < -0.39 is 0 Å². The average Bonchev–Trinajstić information content (AvgIpc) is 2.37. The van der Waals surface area contributed by atoms with Gasteiger partial charge in [-0.25, -0.2) is 0 Å². The Morgan fingerprint density at radius 3 is 2.69 bits per heavy atom. The lowest BCUT2D eigenvalue weighted by atomic mass is 9.98. The van der Waals surface area contributed by atoms with Gasteiger partial charge in [0.15, 0.2) is 0 Å². The van der Waals surface area contributed by atoms with Crippen LogP contribution in [0.4, 0.5) is 0 Å². The number of allylic oxidation sites excluding steroid dienone is 1. The van der Waals surface area contributed by atoms with Crippen molar-refractivity contribution in [2.75, 3.05) is 13.2 Å². The summed E-state index contributed by atoms with van der Waals surface area (Å²) in [5.74, 6) is 0.